The van der Waals surface area contributed by atoms with E-state index in [9.17, 15) is 4.79 Å². The van der Waals surface area contributed by atoms with Crippen LogP contribution in [0, 0.1) is 0 Å². The van der Waals surface area contributed by atoms with E-state index < -0.39 is 6.61 Å². The minimum absolute atomic E-state index is 0.198. The first-order valence-electron chi connectivity index (χ1n) is 6.52. The van der Waals surface area contributed by atoms with Crippen LogP contribution in [-0.2, 0) is 4.79 Å². The topological polar surface area (TPSA) is 66.6 Å². The molecule has 100 valence electrons. The summed E-state index contributed by atoms with van der Waals surface area (Å²) in [5.74, 6) is 0.823. The van der Waals surface area contributed by atoms with Crippen molar-refractivity contribution in [3.63, 3.8) is 0 Å². The number of benzene rings is 1. The number of nitrogens with zero attached hydrogens (tertiary/aromatic N) is 2. The molecule has 0 unspecified atom stereocenters. The van der Waals surface area contributed by atoms with Crippen LogP contribution in [-0.4, -0.2) is 40.6 Å². The van der Waals surface area contributed by atoms with Gasteiger partial charge >= 0.3 is 0 Å². The van der Waals surface area contributed by atoms with Gasteiger partial charge in [-0.2, -0.15) is 0 Å². The Bertz CT molecular complexity index is 552. The number of piperidine rings is 1. The fourth-order valence-electron chi connectivity index (χ4n) is 2.54. The summed E-state index contributed by atoms with van der Waals surface area (Å²) in [6, 6.07) is 7.72. The lowest BCUT2D eigenvalue weighted by Gasteiger charge is -2.30. The Morgan fingerprint density at radius 3 is 2.79 bits per heavy atom. The molecule has 1 saturated heterocycles. The van der Waals surface area contributed by atoms with E-state index in [0.29, 0.717) is 13.1 Å². The molecule has 1 aliphatic heterocycles. The minimum atomic E-state index is -0.409. The van der Waals surface area contributed by atoms with Crippen molar-refractivity contribution in [2.45, 2.75) is 18.8 Å². The van der Waals surface area contributed by atoms with Gasteiger partial charge in [0.1, 0.15) is 12.1 Å². The van der Waals surface area contributed by atoms with E-state index >= 15 is 0 Å². The highest BCUT2D eigenvalue weighted by Gasteiger charge is 2.26. The molecule has 1 aromatic heterocycles. The third-order valence-electron chi connectivity index (χ3n) is 3.64. The first kappa shape index (κ1) is 12.2. The SMILES string of the molecule is O=C(CO)N1CCC(c2nc3ccccc3o2)CC1. The van der Waals surface area contributed by atoms with E-state index in [0.717, 1.165) is 29.8 Å². The van der Waals surface area contributed by atoms with Crippen LogP contribution in [0.3, 0.4) is 0 Å². The highest BCUT2D eigenvalue weighted by Crippen LogP contribution is 2.29. The molecule has 0 bridgehead atoms. The number of aliphatic hydroxyl groups is 1. The molecule has 1 N–H and O–H groups in total. The lowest BCUT2D eigenvalue weighted by atomic mass is 9.97. The molecule has 1 aromatic carbocycles. The predicted octanol–water partition coefficient (Wildman–Crippen LogP) is 1.53. The van der Waals surface area contributed by atoms with Crippen LogP contribution in [0.5, 0.6) is 0 Å². The number of carbonyl (C=O) groups excluding carboxylic acids is 1. The summed E-state index contributed by atoms with van der Waals surface area (Å²) in [7, 11) is 0. The summed E-state index contributed by atoms with van der Waals surface area (Å²) >= 11 is 0. The maximum absolute atomic E-state index is 11.4. The highest BCUT2D eigenvalue weighted by atomic mass is 16.3. The summed E-state index contributed by atoms with van der Waals surface area (Å²) in [6.45, 7) is 0.902. The lowest BCUT2D eigenvalue weighted by Crippen LogP contribution is -2.39. The second-order valence-corrected chi connectivity index (χ2v) is 4.83. The Hall–Kier alpha value is -1.88. The van der Waals surface area contributed by atoms with Gasteiger partial charge in [-0.25, -0.2) is 4.98 Å². The lowest BCUT2D eigenvalue weighted by molar-refractivity contribution is -0.135. The fraction of sp³-hybridized carbons (Fsp3) is 0.429. The molecule has 2 heterocycles. The van der Waals surface area contributed by atoms with Gasteiger partial charge in [0.15, 0.2) is 11.5 Å². The number of oxazole rings is 1. The van der Waals surface area contributed by atoms with Crippen LogP contribution in [0.15, 0.2) is 28.7 Å². The van der Waals surface area contributed by atoms with E-state index in [2.05, 4.69) is 4.98 Å². The van der Waals surface area contributed by atoms with Gasteiger partial charge in [-0.1, -0.05) is 12.1 Å². The largest absolute Gasteiger partial charge is 0.440 e. The van der Waals surface area contributed by atoms with Crippen molar-refractivity contribution in [1.82, 2.24) is 9.88 Å². The first-order chi connectivity index (χ1) is 9.28. The third kappa shape index (κ3) is 2.33. The summed E-state index contributed by atoms with van der Waals surface area (Å²) in [6.07, 6.45) is 1.66. The number of hydrogen-bond acceptors (Lipinski definition) is 4. The van der Waals surface area contributed by atoms with Crippen LogP contribution in [0.1, 0.15) is 24.7 Å². The number of fused-ring (bicyclic) bond motifs is 1. The van der Waals surface area contributed by atoms with E-state index in [1.807, 2.05) is 24.3 Å². The maximum atomic E-state index is 11.4. The first-order valence-corrected chi connectivity index (χ1v) is 6.52. The summed E-state index contributed by atoms with van der Waals surface area (Å²) in [5, 5.41) is 8.84. The number of amides is 1. The fourth-order valence-corrected chi connectivity index (χ4v) is 2.54. The van der Waals surface area contributed by atoms with Crippen molar-refractivity contribution < 1.29 is 14.3 Å². The highest BCUT2D eigenvalue weighted by molar-refractivity contribution is 5.77. The minimum Gasteiger partial charge on any atom is -0.440 e. The zero-order valence-electron chi connectivity index (χ0n) is 10.6. The van der Waals surface area contributed by atoms with Crippen LogP contribution >= 0.6 is 0 Å². The average Bonchev–Trinajstić information content (AvgIpc) is 2.90. The quantitative estimate of drug-likeness (QED) is 0.889. The van der Waals surface area contributed by atoms with Gasteiger partial charge in [0.2, 0.25) is 5.91 Å². The van der Waals surface area contributed by atoms with Crippen molar-refractivity contribution in [1.29, 1.82) is 0 Å². The van der Waals surface area contributed by atoms with Crippen molar-refractivity contribution >= 4 is 17.0 Å². The molecule has 0 aliphatic carbocycles. The Morgan fingerprint density at radius 2 is 2.11 bits per heavy atom. The standard InChI is InChI=1S/C14H16N2O3/c17-9-13(18)16-7-5-10(6-8-16)14-15-11-3-1-2-4-12(11)19-14/h1-4,10,17H,5-9H2. The van der Waals surface area contributed by atoms with E-state index in [-0.39, 0.29) is 11.8 Å². The van der Waals surface area contributed by atoms with Crippen LogP contribution in [0.25, 0.3) is 11.1 Å². The summed E-state index contributed by atoms with van der Waals surface area (Å²) < 4.78 is 5.77. The maximum Gasteiger partial charge on any atom is 0.248 e. The molecule has 1 fully saturated rings. The molecule has 0 spiro atoms. The van der Waals surface area contributed by atoms with Gasteiger partial charge in [0, 0.05) is 19.0 Å². The number of para-hydroxylation sites is 2. The van der Waals surface area contributed by atoms with Crippen molar-refractivity contribution in [3.8, 4) is 0 Å². The molecule has 2 aromatic rings. The van der Waals surface area contributed by atoms with Gasteiger partial charge in [0.05, 0.1) is 0 Å². The molecule has 5 nitrogen and oxygen atoms in total. The molecule has 0 saturated carbocycles. The molecule has 0 atom stereocenters. The number of hydrogen-bond donors (Lipinski definition) is 1. The van der Waals surface area contributed by atoms with Gasteiger partial charge in [-0.3, -0.25) is 4.79 Å². The van der Waals surface area contributed by atoms with Crippen molar-refractivity contribution in [3.05, 3.63) is 30.2 Å². The molecule has 3 rings (SSSR count). The molecule has 19 heavy (non-hydrogen) atoms. The molecule has 5 heteroatoms. The van der Waals surface area contributed by atoms with Gasteiger partial charge in [-0.15, -0.1) is 0 Å². The second-order valence-electron chi connectivity index (χ2n) is 4.83. The Kier molecular flexibility index (Phi) is 3.21. The van der Waals surface area contributed by atoms with Crippen LogP contribution in [0.2, 0.25) is 0 Å². The number of aromatic nitrogens is 1. The normalized spacial score (nSPS) is 17.0. The Morgan fingerprint density at radius 1 is 1.37 bits per heavy atom. The van der Waals surface area contributed by atoms with Crippen LogP contribution in [0.4, 0.5) is 0 Å². The Labute approximate surface area is 110 Å². The Balaban J connectivity index is 1.72. The molecule has 0 radical (unpaired) electrons. The zero-order valence-corrected chi connectivity index (χ0v) is 10.6. The third-order valence-corrected chi connectivity index (χ3v) is 3.64. The number of rotatable bonds is 2. The predicted molar refractivity (Wildman–Crippen MR) is 69.6 cm³/mol. The average molecular weight is 260 g/mol. The number of likely N-dealkylation sites (tertiary alicyclic amines) is 1. The van der Waals surface area contributed by atoms with Crippen LogP contribution < -0.4 is 0 Å². The molecule has 1 amide bonds. The van der Waals surface area contributed by atoms with E-state index in [4.69, 9.17) is 9.52 Å². The molecular formula is C14H16N2O3. The van der Waals surface area contributed by atoms with Crippen molar-refractivity contribution in [2.24, 2.45) is 0 Å². The van der Waals surface area contributed by atoms with Crippen molar-refractivity contribution in [2.75, 3.05) is 19.7 Å². The van der Waals surface area contributed by atoms with E-state index in [1.54, 1.807) is 4.90 Å². The number of carbonyl (C=O) groups is 1. The summed E-state index contributed by atoms with van der Waals surface area (Å²) in [5.41, 5.74) is 1.69. The van der Waals surface area contributed by atoms with Gasteiger partial charge < -0.3 is 14.4 Å². The zero-order chi connectivity index (χ0) is 13.2. The molecular weight excluding hydrogens is 244 g/mol. The van der Waals surface area contributed by atoms with Gasteiger partial charge in [-0.05, 0) is 25.0 Å². The number of aliphatic hydroxyl groups excluding tert-OH is 1. The summed E-state index contributed by atoms with van der Waals surface area (Å²) in [4.78, 5) is 17.6. The second kappa shape index (κ2) is 5.01. The van der Waals surface area contributed by atoms with Gasteiger partial charge in [0.25, 0.3) is 0 Å². The molecule has 1 aliphatic rings. The monoisotopic (exact) mass is 260 g/mol. The van der Waals surface area contributed by atoms with E-state index in [1.165, 1.54) is 0 Å². The smallest absolute Gasteiger partial charge is 0.248 e.